The van der Waals surface area contributed by atoms with Crippen molar-refractivity contribution in [1.29, 1.82) is 0 Å². The summed E-state index contributed by atoms with van der Waals surface area (Å²) < 4.78 is 0. The van der Waals surface area contributed by atoms with Crippen molar-refractivity contribution in [3.05, 3.63) is 64.7 Å². The molecule has 0 fully saturated rings. The zero-order valence-electron chi connectivity index (χ0n) is 15.2. The van der Waals surface area contributed by atoms with Gasteiger partial charge in [-0.15, -0.1) is 0 Å². The topological polar surface area (TPSA) is 49.4 Å². The third-order valence-electron chi connectivity index (χ3n) is 4.95. The van der Waals surface area contributed by atoms with Gasteiger partial charge in [-0.3, -0.25) is 9.59 Å². The second-order valence-electron chi connectivity index (χ2n) is 7.02. The average Bonchev–Trinajstić information content (AvgIpc) is 2.89. The zero-order chi connectivity index (χ0) is 18.1. The van der Waals surface area contributed by atoms with Gasteiger partial charge >= 0.3 is 0 Å². The minimum atomic E-state index is -0.500. The molecule has 1 atom stereocenters. The molecule has 0 aromatic heterocycles. The highest BCUT2D eigenvalue weighted by Crippen LogP contribution is 2.28. The van der Waals surface area contributed by atoms with E-state index in [0.29, 0.717) is 12.1 Å². The highest BCUT2D eigenvalue weighted by molar-refractivity contribution is 6.03. The molecule has 4 nitrogen and oxygen atoms in total. The van der Waals surface area contributed by atoms with Crippen molar-refractivity contribution < 1.29 is 9.59 Å². The predicted octanol–water partition coefficient (Wildman–Crippen LogP) is 3.92. The third kappa shape index (κ3) is 3.16. The number of aryl methyl sites for hydroxylation is 1. The molecule has 130 valence electrons. The van der Waals surface area contributed by atoms with Crippen LogP contribution in [-0.2, 0) is 11.3 Å². The molecular formula is C21H24N2O2. The fourth-order valence-corrected chi connectivity index (χ4v) is 3.40. The summed E-state index contributed by atoms with van der Waals surface area (Å²) in [7, 11) is 0. The number of anilines is 1. The molecule has 1 unspecified atom stereocenters. The Balaban J connectivity index is 1.86. The van der Waals surface area contributed by atoms with Crippen molar-refractivity contribution in [2.24, 2.45) is 5.92 Å². The Labute approximate surface area is 148 Å². The minimum absolute atomic E-state index is 0.0170. The number of carbonyl (C=O) groups excluding carboxylic acids is 2. The lowest BCUT2D eigenvalue weighted by atomic mass is 10.0. The predicted molar refractivity (Wildman–Crippen MR) is 99.5 cm³/mol. The van der Waals surface area contributed by atoms with Crippen LogP contribution in [0.1, 0.15) is 40.9 Å². The standard InChI is InChI=1S/C21H24N2O2/c1-13(2)19(20(24)22-18-11-7-8-14(3)15(18)4)23-12-16-9-5-6-10-17(16)21(23)25/h5-11,13,19H,12H2,1-4H3,(H,22,24). The van der Waals surface area contributed by atoms with E-state index in [1.54, 1.807) is 4.90 Å². The highest BCUT2D eigenvalue weighted by Gasteiger charge is 2.37. The second-order valence-corrected chi connectivity index (χ2v) is 7.02. The number of carbonyl (C=O) groups is 2. The normalized spacial score (nSPS) is 14.6. The quantitative estimate of drug-likeness (QED) is 0.920. The highest BCUT2D eigenvalue weighted by atomic mass is 16.2. The van der Waals surface area contributed by atoms with E-state index < -0.39 is 6.04 Å². The van der Waals surface area contributed by atoms with Crippen molar-refractivity contribution in [1.82, 2.24) is 4.90 Å². The lowest BCUT2D eigenvalue weighted by molar-refractivity contribution is -0.122. The molecule has 1 aliphatic heterocycles. The molecule has 25 heavy (non-hydrogen) atoms. The fourth-order valence-electron chi connectivity index (χ4n) is 3.40. The van der Waals surface area contributed by atoms with E-state index in [2.05, 4.69) is 5.32 Å². The first kappa shape index (κ1) is 17.2. The summed E-state index contributed by atoms with van der Waals surface area (Å²) in [6.45, 7) is 8.45. The van der Waals surface area contributed by atoms with Crippen molar-refractivity contribution >= 4 is 17.5 Å². The SMILES string of the molecule is Cc1cccc(NC(=O)C(C(C)C)N2Cc3ccccc3C2=O)c1C. The largest absolute Gasteiger partial charge is 0.324 e. The Kier molecular flexibility index (Phi) is 4.62. The number of hydrogen-bond acceptors (Lipinski definition) is 2. The molecule has 1 N–H and O–H groups in total. The summed E-state index contributed by atoms with van der Waals surface area (Å²) in [6.07, 6.45) is 0. The first-order valence-electron chi connectivity index (χ1n) is 8.66. The van der Waals surface area contributed by atoms with E-state index in [4.69, 9.17) is 0 Å². The summed E-state index contributed by atoms with van der Waals surface area (Å²) in [5, 5.41) is 3.02. The van der Waals surface area contributed by atoms with Crippen LogP contribution in [0, 0.1) is 19.8 Å². The van der Waals surface area contributed by atoms with Crippen LogP contribution in [-0.4, -0.2) is 22.8 Å². The maximum atomic E-state index is 13.0. The monoisotopic (exact) mass is 336 g/mol. The number of benzene rings is 2. The molecule has 0 saturated heterocycles. The summed E-state index contributed by atoms with van der Waals surface area (Å²) in [5.74, 6) is -0.182. The molecule has 0 spiro atoms. The molecule has 0 aliphatic carbocycles. The summed E-state index contributed by atoms with van der Waals surface area (Å²) >= 11 is 0. The molecule has 2 amide bonds. The van der Waals surface area contributed by atoms with E-state index in [1.807, 2.05) is 70.2 Å². The van der Waals surface area contributed by atoms with Crippen LogP contribution in [0.4, 0.5) is 5.69 Å². The molecule has 1 heterocycles. The maximum absolute atomic E-state index is 13.0. The first-order chi connectivity index (χ1) is 11.9. The van der Waals surface area contributed by atoms with Gasteiger partial charge in [0.05, 0.1) is 0 Å². The summed E-state index contributed by atoms with van der Waals surface area (Å²) in [4.78, 5) is 27.5. The van der Waals surface area contributed by atoms with Gasteiger partial charge in [-0.1, -0.05) is 44.2 Å². The van der Waals surface area contributed by atoms with Crippen LogP contribution >= 0.6 is 0 Å². The van der Waals surface area contributed by atoms with Crippen LogP contribution in [0.5, 0.6) is 0 Å². The maximum Gasteiger partial charge on any atom is 0.255 e. The number of nitrogens with one attached hydrogen (secondary N) is 1. The van der Waals surface area contributed by atoms with Gasteiger partial charge in [0.15, 0.2) is 0 Å². The van der Waals surface area contributed by atoms with E-state index in [-0.39, 0.29) is 17.7 Å². The summed E-state index contributed by atoms with van der Waals surface area (Å²) in [5.41, 5.74) is 4.67. The molecule has 1 aliphatic rings. The number of rotatable bonds is 4. The third-order valence-corrected chi connectivity index (χ3v) is 4.95. The Hall–Kier alpha value is -2.62. The van der Waals surface area contributed by atoms with Gasteiger partial charge in [0.1, 0.15) is 6.04 Å². The molecule has 2 aromatic rings. The molecule has 4 heteroatoms. The van der Waals surface area contributed by atoms with Crippen molar-refractivity contribution in [2.75, 3.05) is 5.32 Å². The fraction of sp³-hybridized carbons (Fsp3) is 0.333. The number of hydrogen-bond donors (Lipinski definition) is 1. The summed E-state index contributed by atoms with van der Waals surface area (Å²) in [6, 6.07) is 12.9. The van der Waals surface area contributed by atoms with Crippen LogP contribution < -0.4 is 5.32 Å². The Bertz CT molecular complexity index is 826. The van der Waals surface area contributed by atoms with Crippen LogP contribution in [0.15, 0.2) is 42.5 Å². The van der Waals surface area contributed by atoms with Crippen molar-refractivity contribution in [3.63, 3.8) is 0 Å². The van der Waals surface area contributed by atoms with Gasteiger partial charge in [0.2, 0.25) is 5.91 Å². The molecule has 0 radical (unpaired) electrons. The molecular weight excluding hydrogens is 312 g/mol. The van der Waals surface area contributed by atoms with E-state index >= 15 is 0 Å². The lowest BCUT2D eigenvalue weighted by Crippen LogP contribution is -2.47. The lowest BCUT2D eigenvalue weighted by Gasteiger charge is -2.30. The molecule has 0 bridgehead atoms. The van der Waals surface area contributed by atoms with Gasteiger partial charge in [-0.2, -0.15) is 0 Å². The van der Waals surface area contributed by atoms with E-state index in [0.717, 1.165) is 22.4 Å². The second kappa shape index (κ2) is 6.71. The number of amides is 2. The Morgan fingerprint density at radius 2 is 1.80 bits per heavy atom. The van der Waals surface area contributed by atoms with Crippen LogP contribution in [0.2, 0.25) is 0 Å². The van der Waals surface area contributed by atoms with Gasteiger partial charge in [-0.25, -0.2) is 0 Å². The van der Waals surface area contributed by atoms with E-state index in [1.165, 1.54) is 0 Å². The van der Waals surface area contributed by atoms with E-state index in [9.17, 15) is 9.59 Å². The number of nitrogens with zero attached hydrogens (tertiary/aromatic N) is 1. The zero-order valence-corrected chi connectivity index (χ0v) is 15.2. The first-order valence-corrected chi connectivity index (χ1v) is 8.66. The smallest absolute Gasteiger partial charge is 0.255 e. The van der Waals surface area contributed by atoms with Crippen molar-refractivity contribution in [2.45, 2.75) is 40.3 Å². The Morgan fingerprint density at radius 3 is 2.48 bits per heavy atom. The molecule has 0 saturated carbocycles. The Morgan fingerprint density at radius 1 is 1.08 bits per heavy atom. The average molecular weight is 336 g/mol. The van der Waals surface area contributed by atoms with Crippen LogP contribution in [0.25, 0.3) is 0 Å². The molecule has 3 rings (SSSR count). The van der Waals surface area contributed by atoms with Gasteiger partial charge < -0.3 is 10.2 Å². The van der Waals surface area contributed by atoms with Gasteiger partial charge in [0, 0.05) is 17.8 Å². The van der Waals surface area contributed by atoms with Gasteiger partial charge in [0.25, 0.3) is 5.91 Å². The van der Waals surface area contributed by atoms with Crippen LogP contribution in [0.3, 0.4) is 0 Å². The molecule has 2 aromatic carbocycles. The number of fused-ring (bicyclic) bond motifs is 1. The minimum Gasteiger partial charge on any atom is -0.324 e. The van der Waals surface area contributed by atoms with Gasteiger partial charge in [-0.05, 0) is 48.6 Å². The van der Waals surface area contributed by atoms with Crippen molar-refractivity contribution in [3.8, 4) is 0 Å².